The Morgan fingerprint density at radius 2 is 1.72 bits per heavy atom. The van der Waals surface area contributed by atoms with Crippen LogP contribution in [0.25, 0.3) is 0 Å². The van der Waals surface area contributed by atoms with Crippen LogP contribution in [0.5, 0.6) is 11.5 Å². The van der Waals surface area contributed by atoms with Crippen LogP contribution in [0, 0.1) is 5.92 Å². The number of ether oxygens (including phenoxy) is 2. The first-order valence-electron chi connectivity index (χ1n) is 13.7. The maximum atomic E-state index is 13.5. The van der Waals surface area contributed by atoms with Gasteiger partial charge < -0.3 is 19.5 Å². The second-order valence-electron chi connectivity index (χ2n) is 10.6. The lowest BCUT2D eigenvalue weighted by Gasteiger charge is -2.33. The van der Waals surface area contributed by atoms with E-state index in [4.69, 9.17) is 9.47 Å². The summed E-state index contributed by atoms with van der Waals surface area (Å²) in [7, 11) is -4.82. The highest BCUT2D eigenvalue weighted by Gasteiger charge is 2.33. The highest BCUT2D eigenvalue weighted by Crippen LogP contribution is 2.31. The molecule has 0 saturated carbocycles. The number of aliphatic hydroxyl groups is 1. The van der Waals surface area contributed by atoms with E-state index in [9.17, 15) is 26.7 Å². The zero-order valence-corrected chi connectivity index (χ0v) is 26.1. The lowest BCUT2D eigenvalue weighted by atomic mass is 10.0. The van der Waals surface area contributed by atoms with Crippen LogP contribution >= 0.6 is 0 Å². The third-order valence-corrected chi connectivity index (χ3v) is 10.7. The first kappa shape index (κ1) is 32.3. The molecular weight excluding hydrogens is 594 g/mol. The quantitative estimate of drug-likeness (QED) is 0.348. The number of benzene rings is 3. The number of carbonyl (C=O) groups is 1. The average Bonchev–Trinajstić information content (AvgIpc) is 3.04. The molecule has 0 aromatic heterocycles. The van der Waals surface area contributed by atoms with Crippen molar-refractivity contribution in [2.75, 3.05) is 38.6 Å². The Bertz CT molecular complexity index is 1630. The first-order chi connectivity index (χ1) is 20.3. The molecule has 3 aromatic rings. The number of methoxy groups -OCH3 is 1. The van der Waals surface area contributed by atoms with Gasteiger partial charge in [-0.2, -0.15) is 4.31 Å². The molecule has 0 unspecified atom stereocenters. The smallest absolute Gasteiger partial charge is 0.261 e. The Labute approximate surface area is 253 Å². The number of hydrogen-bond acceptors (Lipinski definition) is 8. The Kier molecular flexibility index (Phi) is 10.0. The maximum Gasteiger partial charge on any atom is 0.261 e. The zero-order valence-electron chi connectivity index (χ0n) is 24.5. The number of rotatable bonds is 10. The van der Waals surface area contributed by atoms with Gasteiger partial charge in [-0.05, 0) is 61.5 Å². The van der Waals surface area contributed by atoms with Crippen molar-refractivity contribution in [2.45, 2.75) is 42.2 Å². The minimum absolute atomic E-state index is 0.0147. The third kappa shape index (κ3) is 7.47. The molecule has 11 nitrogen and oxygen atoms in total. The van der Waals surface area contributed by atoms with Crippen molar-refractivity contribution in [3.8, 4) is 11.5 Å². The summed E-state index contributed by atoms with van der Waals surface area (Å²) in [5, 5.41) is 9.88. The molecule has 4 rings (SSSR count). The van der Waals surface area contributed by atoms with Crippen LogP contribution in [0.2, 0.25) is 0 Å². The SMILES string of the molecule is COc1ccc(S(=O)(=O)Nc2ccc3c(c2)CC(=O)N([C@@H](C)CO)C[C@H](C)[C@H](CN(C)S(=O)(=O)c2ccccc2)O3)cc1. The van der Waals surface area contributed by atoms with Gasteiger partial charge in [0.2, 0.25) is 15.9 Å². The van der Waals surface area contributed by atoms with Crippen LogP contribution in [-0.2, 0) is 31.3 Å². The topological polar surface area (TPSA) is 143 Å². The predicted molar refractivity (Wildman–Crippen MR) is 162 cm³/mol. The van der Waals surface area contributed by atoms with Gasteiger partial charge in [0.1, 0.15) is 17.6 Å². The summed E-state index contributed by atoms with van der Waals surface area (Å²) >= 11 is 0. The predicted octanol–water partition coefficient (Wildman–Crippen LogP) is 2.97. The number of hydrogen-bond donors (Lipinski definition) is 2. The van der Waals surface area contributed by atoms with Crippen LogP contribution in [0.4, 0.5) is 5.69 Å². The van der Waals surface area contributed by atoms with Crippen molar-refractivity contribution in [3.05, 3.63) is 78.4 Å². The number of anilines is 1. The van der Waals surface area contributed by atoms with E-state index in [0.29, 0.717) is 17.1 Å². The minimum atomic E-state index is -3.96. The van der Waals surface area contributed by atoms with E-state index in [1.165, 1.54) is 54.9 Å². The third-order valence-electron chi connectivity index (χ3n) is 7.43. The molecule has 0 saturated heterocycles. The standard InChI is InChI=1S/C30H37N3O8S2/c1-21-18-33(22(2)20-34)30(35)17-23-16-24(31-42(36,37)26-13-11-25(40-4)12-14-26)10-15-28(23)41-29(21)19-32(3)43(38,39)27-8-6-5-7-9-27/h5-16,21-22,29,31,34H,17-20H2,1-4H3/t21-,22-,29-/m0/s1. The number of nitrogens with one attached hydrogen (secondary N) is 1. The van der Waals surface area contributed by atoms with Crippen molar-refractivity contribution in [3.63, 3.8) is 0 Å². The number of likely N-dealkylation sites (N-methyl/N-ethyl adjacent to an activating group) is 1. The number of nitrogens with zero attached hydrogens (tertiary/aromatic N) is 2. The van der Waals surface area contributed by atoms with Crippen LogP contribution < -0.4 is 14.2 Å². The summed E-state index contributed by atoms with van der Waals surface area (Å²) in [6.07, 6.45) is -0.793. The summed E-state index contributed by atoms with van der Waals surface area (Å²) in [5.41, 5.74) is 0.642. The molecule has 3 aromatic carbocycles. The number of sulfonamides is 2. The van der Waals surface area contributed by atoms with Crippen molar-refractivity contribution < 1.29 is 36.2 Å². The van der Waals surface area contributed by atoms with E-state index < -0.39 is 32.2 Å². The summed E-state index contributed by atoms with van der Waals surface area (Å²) in [6.45, 7) is 3.53. The molecule has 0 radical (unpaired) electrons. The minimum Gasteiger partial charge on any atom is -0.497 e. The Morgan fingerprint density at radius 3 is 2.35 bits per heavy atom. The summed E-state index contributed by atoms with van der Waals surface area (Å²) in [4.78, 5) is 15.2. The van der Waals surface area contributed by atoms with Gasteiger partial charge in [-0.1, -0.05) is 25.1 Å². The van der Waals surface area contributed by atoms with E-state index in [2.05, 4.69) is 4.72 Å². The second kappa shape index (κ2) is 13.3. The normalized spacial score (nSPS) is 18.6. The molecule has 0 aliphatic carbocycles. The highest BCUT2D eigenvalue weighted by molar-refractivity contribution is 7.92. The van der Waals surface area contributed by atoms with Gasteiger partial charge in [-0.3, -0.25) is 9.52 Å². The molecule has 43 heavy (non-hydrogen) atoms. The van der Waals surface area contributed by atoms with Crippen molar-refractivity contribution in [1.82, 2.24) is 9.21 Å². The fourth-order valence-corrected chi connectivity index (χ4v) is 7.06. The monoisotopic (exact) mass is 631 g/mol. The van der Waals surface area contributed by atoms with Gasteiger partial charge in [0.15, 0.2) is 0 Å². The molecule has 3 atom stereocenters. The van der Waals surface area contributed by atoms with E-state index >= 15 is 0 Å². The van der Waals surface area contributed by atoms with Gasteiger partial charge in [-0.15, -0.1) is 0 Å². The maximum absolute atomic E-state index is 13.5. The van der Waals surface area contributed by atoms with E-state index in [-0.39, 0.29) is 53.4 Å². The van der Waals surface area contributed by atoms with Crippen molar-refractivity contribution in [1.29, 1.82) is 0 Å². The second-order valence-corrected chi connectivity index (χ2v) is 14.3. The number of amides is 1. The molecule has 13 heteroatoms. The Hall–Kier alpha value is -3.65. The molecule has 1 heterocycles. The van der Waals surface area contributed by atoms with Crippen LogP contribution in [0.1, 0.15) is 19.4 Å². The molecule has 1 amide bonds. The number of fused-ring (bicyclic) bond motifs is 1. The molecule has 0 spiro atoms. The molecule has 2 N–H and O–H groups in total. The Morgan fingerprint density at radius 1 is 1.05 bits per heavy atom. The van der Waals surface area contributed by atoms with Gasteiger partial charge in [0.05, 0.1) is 42.5 Å². The first-order valence-corrected chi connectivity index (χ1v) is 16.7. The largest absolute Gasteiger partial charge is 0.497 e. The Balaban J connectivity index is 1.67. The van der Waals surface area contributed by atoms with Gasteiger partial charge >= 0.3 is 0 Å². The zero-order chi connectivity index (χ0) is 31.4. The van der Waals surface area contributed by atoms with Gasteiger partial charge in [0, 0.05) is 30.8 Å². The summed E-state index contributed by atoms with van der Waals surface area (Å²) in [6, 6.07) is 18.1. The van der Waals surface area contributed by atoms with E-state index in [1.54, 1.807) is 48.2 Å². The molecular formula is C30H37N3O8S2. The highest BCUT2D eigenvalue weighted by atomic mass is 32.2. The summed E-state index contributed by atoms with van der Waals surface area (Å²) in [5.74, 6) is 0.242. The summed E-state index contributed by atoms with van der Waals surface area (Å²) < 4.78 is 68.0. The van der Waals surface area contributed by atoms with Gasteiger partial charge in [-0.25, -0.2) is 16.8 Å². The van der Waals surface area contributed by atoms with E-state index in [1.807, 2.05) is 6.92 Å². The molecule has 0 fully saturated rings. The lowest BCUT2D eigenvalue weighted by Crippen LogP contribution is -2.48. The number of carbonyl (C=O) groups excluding carboxylic acids is 1. The number of aliphatic hydroxyl groups excluding tert-OH is 1. The fraction of sp³-hybridized carbons (Fsp3) is 0.367. The van der Waals surface area contributed by atoms with E-state index in [0.717, 1.165) is 0 Å². The van der Waals surface area contributed by atoms with Gasteiger partial charge in [0.25, 0.3) is 10.0 Å². The van der Waals surface area contributed by atoms with Crippen molar-refractivity contribution >= 4 is 31.6 Å². The average molecular weight is 632 g/mol. The van der Waals surface area contributed by atoms with Crippen LogP contribution in [-0.4, -0.2) is 83.1 Å². The van der Waals surface area contributed by atoms with Crippen LogP contribution in [0.15, 0.2) is 82.6 Å². The molecule has 0 bridgehead atoms. The molecule has 1 aliphatic heterocycles. The van der Waals surface area contributed by atoms with Crippen LogP contribution in [0.3, 0.4) is 0 Å². The molecule has 1 aliphatic rings. The van der Waals surface area contributed by atoms with Crippen molar-refractivity contribution in [2.24, 2.45) is 5.92 Å². The lowest BCUT2D eigenvalue weighted by molar-refractivity contribution is -0.134. The molecule has 232 valence electrons. The fourth-order valence-electron chi connectivity index (χ4n) is 4.80.